The fourth-order valence-corrected chi connectivity index (χ4v) is 3.44. The van der Waals surface area contributed by atoms with Crippen LogP contribution in [0.2, 0.25) is 0 Å². The van der Waals surface area contributed by atoms with E-state index < -0.39 is 21.8 Å². The summed E-state index contributed by atoms with van der Waals surface area (Å²) in [7, 11) is -3.84. The normalized spacial score (nSPS) is 13.6. The SMILES string of the molecule is O=C(COC(=O)Cc1ccc(NS(=O)(=O)c2ccc(F)cc2)cc1)NC1CC1. The van der Waals surface area contributed by atoms with Gasteiger partial charge >= 0.3 is 5.97 Å². The van der Waals surface area contributed by atoms with Crippen molar-refractivity contribution in [1.29, 1.82) is 0 Å². The molecule has 1 fully saturated rings. The summed E-state index contributed by atoms with van der Waals surface area (Å²) in [6.07, 6.45) is 1.87. The molecule has 0 unspecified atom stereocenters. The number of esters is 1. The molecule has 1 aliphatic carbocycles. The van der Waals surface area contributed by atoms with Gasteiger partial charge in [0.05, 0.1) is 11.3 Å². The summed E-state index contributed by atoms with van der Waals surface area (Å²) >= 11 is 0. The highest BCUT2D eigenvalue weighted by atomic mass is 32.2. The first-order valence-corrected chi connectivity index (χ1v) is 10.1. The van der Waals surface area contributed by atoms with Gasteiger partial charge in [-0.2, -0.15) is 0 Å². The van der Waals surface area contributed by atoms with E-state index in [9.17, 15) is 22.4 Å². The van der Waals surface area contributed by atoms with Gasteiger partial charge in [-0.05, 0) is 54.8 Å². The number of hydrogen-bond donors (Lipinski definition) is 2. The van der Waals surface area contributed by atoms with Crippen molar-refractivity contribution in [3.63, 3.8) is 0 Å². The highest BCUT2D eigenvalue weighted by molar-refractivity contribution is 7.92. The van der Waals surface area contributed by atoms with Crippen LogP contribution in [0.5, 0.6) is 0 Å². The van der Waals surface area contributed by atoms with Gasteiger partial charge in [0.25, 0.3) is 15.9 Å². The zero-order chi connectivity index (χ0) is 20.1. The Morgan fingerprint density at radius 1 is 1.04 bits per heavy atom. The molecule has 2 N–H and O–H groups in total. The number of anilines is 1. The summed E-state index contributed by atoms with van der Waals surface area (Å²) in [5.41, 5.74) is 0.905. The van der Waals surface area contributed by atoms with E-state index in [0.717, 1.165) is 25.0 Å². The van der Waals surface area contributed by atoms with Crippen LogP contribution < -0.4 is 10.0 Å². The molecular formula is C19H19FN2O5S. The molecule has 1 amide bonds. The number of ether oxygens (including phenoxy) is 1. The van der Waals surface area contributed by atoms with Gasteiger partial charge < -0.3 is 10.1 Å². The van der Waals surface area contributed by atoms with Gasteiger partial charge in [0, 0.05) is 11.7 Å². The Kier molecular flexibility index (Phi) is 5.93. The lowest BCUT2D eigenvalue weighted by atomic mass is 10.1. The molecule has 7 nitrogen and oxygen atoms in total. The minimum atomic E-state index is -3.84. The lowest BCUT2D eigenvalue weighted by Gasteiger charge is -2.09. The van der Waals surface area contributed by atoms with Crippen molar-refractivity contribution in [1.82, 2.24) is 5.32 Å². The second-order valence-corrected chi connectivity index (χ2v) is 8.12. The number of carbonyl (C=O) groups excluding carboxylic acids is 2. The average Bonchev–Trinajstić information content (AvgIpc) is 3.46. The van der Waals surface area contributed by atoms with Crippen LogP contribution in [-0.2, 0) is 30.8 Å². The molecule has 1 aliphatic rings. The minimum absolute atomic E-state index is 0.0400. The van der Waals surface area contributed by atoms with E-state index in [2.05, 4.69) is 10.0 Å². The number of sulfonamides is 1. The summed E-state index contributed by atoms with van der Waals surface area (Å²) in [6, 6.07) is 10.8. The van der Waals surface area contributed by atoms with Gasteiger partial charge in [0.2, 0.25) is 0 Å². The van der Waals surface area contributed by atoms with Crippen molar-refractivity contribution in [2.24, 2.45) is 0 Å². The Morgan fingerprint density at radius 3 is 2.29 bits per heavy atom. The second kappa shape index (κ2) is 8.39. The van der Waals surface area contributed by atoms with E-state index in [4.69, 9.17) is 4.74 Å². The van der Waals surface area contributed by atoms with Crippen LogP contribution in [0.1, 0.15) is 18.4 Å². The van der Waals surface area contributed by atoms with Crippen LogP contribution in [0.4, 0.5) is 10.1 Å². The van der Waals surface area contributed by atoms with Crippen molar-refractivity contribution in [3.05, 3.63) is 59.9 Å². The molecule has 148 valence electrons. The summed E-state index contributed by atoms with van der Waals surface area (Å²) in [5.74, 6) is -1.40. The molecule has 0 heterocycles. The molecule has 0 spiro atoms. The van der Waals surface area contributed by atoms with Crippen molar-refractivity contribution in [3.8, 4) is 0 Å². The lowest BCUT2D eigenvalue weighted by molar-refractivity contribution is -0.147. The van der Waals surface area contributed by atoms with Gasteiger partial charge in [-0.3, -0.25) is 14.3 Å². The first kappa shape index (κ1) is 19.8. The smallest absolute Gasteiger partial charge is 0.310 e. The highest BCUT2D eigenvalue weighted by Crippen LogP contribution is 2.19. The Labute approximate surface area is 161 Å². The van der Waals surface area contributed by atoms with Gasteiger partial charge in [-0.15, -0.1) is 0 Å². The quantitative estimate of drug-likeness (QED) is 0.653. The largest absolute Gasteiger partial charge is 0.455 e. The van der Waals surface area contributed by atoms with Crippen LogP contribution in [0.15, 0.2) is 53.4 Å². The molecule has 2 aromatic rings. The Hall–Kier alpha value is -2.94. The van der Waals surface area contributed by atoms with Gasteiger partial charge in [0.1, 0.15) is 5.82 Å². The Bertz CT molecular complexity index is 955. The zero-order valence-electron chi connectivity index (χ0n) is 14.9. The number of amides is 1. The number of carbonyl (C=O) groups is 2. The van der Waals surface area contributed by atoms with Crippen molar-refractivity contribution in [2.75, 3.05) is 11.3 Å². The van der Waals surface area contributed by atoms with E-state index in [0.29, 0.717) is 11.3 Å². The first-order valence-electron chi connectivity index (χ1n) is 8.64. The molecule has 0 saturated heterocycles. The molecule has 28 heavy (non-hydrogen) atoms. The predicted molar refractivity (Wildman–Crippen MR) is 99.5 cm³/mol. The van der Waals surface area contributed by atoms with Crippen LogP contribution >= 0.6 is 0 Å². The maximum Gasteiger partial charge on any atom is 0.310 e. The molecule has 0 atom stereocenters. The van der Waals surface area contributed by atoms with Crippen LogP contribution in [0, 0.1) is 5.82 Å². The molecule has 1 saturated carbocycles. The highest BCUT2D eigenvalue weighted by Gasteiger charge is 2.23. The van der Waals surface area contributed by atoms with E-state index >= 15 is 0 Å². The molecule has 0 radical (unpaired) electrons. The van der Waals surface area contributed by atoms with E-state index in [1.807, 2.05) is 0 Å². The average molecular weight is 406 g/mol. The summed E-state index contributed by atoms with van der Waals surface area (Å²) in [5, 5.41) is 2.72. The lowest BCUT2D eigenvalue weighted by Crippen LogP contribution is -2.30. The third kappa shape index (κ3) is 5.78. The van der Waals surface area contributed by atoms with Crippen molar-refractivity contribution < 1.29 is 27.1 Å². The number of nitrogens with one attached hydrogen (secondary N) is 2. The second-order valence-electron chi connectivity index (χ2n) is 6.44. The molecular weight excluding hydrogens is 387 g/mol. The van der Waals surface area contributed by atoms with E-state index in [1.165, 1.54) is 24.3 Å². The molecule has 0 aliphatic heterocycles. The summed E-state index contributed by atoms with van der Waals surface area (Å²) in [6.45, 7) is -0.315. The van der Waals surface area contributed by atoms with Gasteiger partial charge in [-0.25, -0.2) is 12.8 Å². The fraction of sp³-hybridized carbons (Fsp3) is 0.263. The van der Waals surface area contributed by atoms with E-state index in [1.54, 1.807) is 12.1 Å². The maximum atomic E-state index is 12.9. The predicted octanol–water partition coefficient (Wildman–Crippen LogP) is 1.99. The fourth-order valence-electron chi connectivity index (χ4n) is 2.38. The van der Waals surface area contributed by atoms with Gasteiger partial charge in [-0.1, -0.05) is 12.1 Å². The van der Waals surface area contributed by atoms with Crippen molar-refractivity contribution in [2.45, 2.75) is 30.2 Å². The molecule has 0 bridgehead atoms. The molecule has 2 aromatic carbocycles. The standard InChI is InChI=1S/C19H19FN2O5S/c20-14-3-9-17(10-4-14)28(25,26)22-16-5-1-13(2-6-16)11-19(24)27-12-18(23)21-15-7-8-15/h1-6,9-10,15,22H,7-8,11-12H2,(H,21,23). The third-order valence-corrected chi connectivity index (χ3v) is 5.38. The number of halogens is 1. The van der Waals surface area contributed by atoms with Crippen LogP contribution in [0.25, 0.3) is 0 Å². The Balaban J connectivity index is 1.51. The monoisotopic (exact) mass is 406 g/mol. The minimum Gasteiger partial charge on any atom is -0.455 e. The third-order valence-electron chi connectivity index (χ3n) is 3.99. The molecule has 3 rings (SSSR count). The van der Waals surface area contributed by atoms with Gasteiger partial charge in [0.15, 0.2) is 6.61 Å². The maximum absolute atomic E-state index is 12.9. The Morgan fingerprint density at radius 2 is 1.68 bits per heavy atom. The number of benzene rings is 2. The van der Waals surface area contributed by atoms with Crippen LogP contribution in [-0.4, -0.2) is 32.9 Å². The summed E-state index contributed by atoms with van der Waals surface area (Å²) < 4.78 is 44.8. The van der Waals surface area contributed by atoms with Crippen molar-refractivity contribution >= 4 is 27.6 Å². The van der Waals surface area contributed by atoms with Crippen LogP contribution in [0.3, 0.4) is 0 Å². The van der Waals surface area contributed by atoms with E-state index in [-0.39, 0.29) is 29.9 Å². The first-order chi connectivity index (χ1) is 13.3. The topological polar surface area (TPSA) is 102 Å². The number of hydrogen-bond acceptors (Lipinski definition) is 5. The summed E-state index contributed by atoms with van der Waals surface area (Å²) in [4.78, 5) is 23.2. The zero-order valence-corrected chi connectivity index (χ0v) is 15.7. The molecule has 0 aromatic heterocycles. The number of rotatable bonds is 8. The molecule has 9 heteroatoms.